The first-order valence-electron chi connectivity index (χ1n) is 8.06. The molecule has 2 heterocycles. The van der Waals surface area contributed by atoms with Crippen molar-refractivity contribution in [1.82, 2.24) is 15.3 Å². The SMILES string of the molecule is CCCc1nc(CSC2CCCC2)nc2c1CCNC2. The highest BCUT2D eigenvalue weighted by molar-refractivity contribution is 7.99. The second-order valence-electron chi connectivity index (χ2n) is 5.91. The summed E-state index contributed by atoms with van der Waals surface area (Å²) >= 11 is 2.07. The van der Waals surface area contributed by atoms with E-state index in [0.717, 1.165) is 42.8 Å². The number of rotatable bonds is 5. The molecule has 0 radical (unpaired) electrons. The van der Waals surface area contributed by atoms with Crippen LogP contribution in [0.3, 0.4) is 0 Å². The Morgan fingerprint density at radius 1 is 1.25 bits per heavy atom. The van der Waals surface area contributed by atoms with Crippen molar-refractivity contribution >= 4 is 11.8 Å². The minimum atomic E-state index is 0.849. The summed E-state index contributed by atoms with van der Waals surface area (Å²) in [5.41, 5.74) is 4.01. The molecule has 20 heavy (non-hydrogen) atoms. The first-order valence-corrected chi connectivity index (χ1v) is 9.11. The number of nitrogens with zero attached hydrogens (tertiary/aromatic N) is 2. The Kier molecular flexibility index (Phi) is 4.94. The zero-order valence-corrected chi connectivity index (χ0v) is 13.3. The highest BCUT2D eigenvalue weighted by atomic mass is 32.2. The standard InChI is InChI=1S/C16H25N3S/c1-2-5-14-13-8-9-17-10-15(13)19-16(18-14)11-20-12-6-3-4-7-12/h12,17H,2-11H2,1H3. The van der Waals surface area contributed by atoms with Crippen LogP contribution >= 0.6 is 11.8 Å². The molecular formula is C16H25N3S. The van der Waals surface area contributed by atoms with E-state index in [-0.39, 0.29) is 0 Å². The summed E-state index contributed by atoms with van der Waals surface area (Å²) in [4.78, 5) is 9.70. The van der Waals surface area contributed by atoms with E-state index in [1.54, 1.807) is 0 Å². The van der Waals surface area contributed by atoms with Gasteiger partial charge in [-0.15, -0.1) is 0 Å². The fourth-order valence-electron chi connectivity index (χ4n) is 3.25. The largest absolute Gasteiger partial charge is 0.311 e. The van der Waals surface area contributed by atoms with Gasteiger partial charge in [0.05, 0.1) is 11.4 Å². The van der Waals surface area contributed by atoms with E-state index < -0.39 is 0 Å². The van der Waals surface area contributed by atoms with Crippen LogP contribution in [0.2, 0.25) is 0 Å². The molecule has 1 N–H and O–H groups in total. The summed E-state index contributed by atoms with van der Waals surface area (Å²) in [6.45, 7) is 4.24. The summed E-state index contributed by atoms with van der Waals surface area (Å²) in [7, 11) is 0. The van der Waals surface area contributed by atoms with Gasteiger partial charge >= 0.3 is 0 Å². The molecule has 1 aliphatic heterocycles. The van der Waals surface area contributed by atoms with E-state index in [1.165, 1.54) is 49.1 Å². The van der Waals surface area contributed by atoms with Crippen molar-refractivity contribution < 1.29 is 0 Å². The minimum absolute atomic E-state index is 0.849. The van der Waals surface area contributed by atoms with Gasteiger partial charge in [-0.1, -0.05) is 26.2 Å². The minimum Gasteiger partial charge on any atom is -0.311 e. The van der Waals surface area contributed by atoms with E-state index in [2.05, 4.69) is 24.0 Å². The quantitative estimate of drug-likeness (QED) is 0.903. The summed E-state index contributed by atoms with van der Waals surface area (Å²) < 4.78 is 0. The lowest BCUT2D eigenvalue weighted by atomic mass is 10.0. The lowest BCUT2D eigenvalue weighted by Crippen LogP contribution is -2.27. The van der Waals surface area contributed by atoms with Crippen molar-refractivity contribution in [2.75, 3.05) is 6.54 Å². The third kappa shape index (κ3) is 3.34. The molecule has 1 saturated carbocycles. The molecule has 0 unspecified atom stereocenters. The molecule has 0 spiro atoms. The van der Waals surface area contributed by atoms with E-state index in [9.17, 15) is 0 Å². The third-order valence-corrected chi connectivity index (χ3v) is 5.67. The first kappa shape index (κ1) is 14.3. The fourth-order valence-corrected chi connectivity index (χ4v) is 4.43. The number of thioether (sulfide) groups is 1. The maximum atomic E-state index is 4.88. The number of hydrogen-bond acceptors (Lipinski definition) is 4. The average Bonchev–Trinajstić information content (AvgIpc) is 2.99. The number of hydrogen-bond donors (Lipinski definition) is 1. The molecule has 1 aromatic rings. The van der Waals surface area contributed by atoms with Crippen LogP contribution in [0.25, 0.3) is 0 Å². The average molecular weight is 291 g/mol. The Balaban J connectivity index is 1.74. The van der Waals surface area contributed by atoms with E-state index in [1.807, 2.05) is 0 Å². The molecule has 4 heteroatoms. The van der Waals surface area contributed by atoms with Gasteiger partial charge in [0.25, 0.3) is 0 Å². The summed E-state index contributed by atoms with van der Waals surface area (Å²) in [5, 5.41) is 4.29. The third-order valence-electron chi connectivity index (χ3n) is 4.31. The maximum absolute atomic E-state index is 4.88. The van der Waals surface area contributed by atoms with Crippen LogP contribution in [0.1, 0.15) is 61.8 Å². The number of fused-ring (bicyclic) bond motifs is 1. The molecular weight excluding hydrogens is 266 g/mol. The molecule has 2 aliphatic rings. The van der Waals surface area contributed by atoms with Crippen molar-refractivity contribution in [2.45, 2.75) is 69.4 Å². The predicted octanol–water partition coefficient (Wildman–Crippen LogP) is 3.25. The van der Waals surface area contributed by atoms with Gasteiger partial charge in [0.1, 0.15) is 5.82 Å². The van der Waals surface area contributed by atoms with Crippen LogP contribution in [-0.4, -0.2) is 21.8 Å². The molecule has 0 aromatic carbocycles. The van der Waals surface area contributed by atoms with Crippen molar-refractivity contribution in [2.24, 2.45) is 0 Å². The Morgan fingerprint density at radius 3 is 2.90 bits per heavy atom. The van der Waals surface area contributed by atoms with E-state index >= 15 is 0 Å². The van der Waals surface area contributed by atoms with Crippen molar-refractivity contribution in [3.8, 4) is 0 Å². The van der Waals surface area contributed by atoms with Crippen LogP contribution in [0.15, 0.2) is 0 Å². The fraction of sp³-hybridized carbons (Fsp3) is 0.750. The molecule has 0 bridgehead atoms. The topological polar surface area (TPSA) is 37.8 Å². The molecule has 1 aliphatic carbocycles. The van der Waals surface area contributed by atoms with Crippen LogP contribution in [0.5, 0.6) is 0 Å². The molecule has 0 amide bonds. The van der Waals surface area contributed by atoms with Gasteiger partial charge < -0.3 is 5.32 Å². The first-order chi connectivity index (χ1) is 9.86. The summed E-state index contributed by atoms with van der Waals surface area (Å²) in [6, 6.07) is 0. The second kappa shape index (κ2) is 6.90. The summed E-state index contributed by atoms with van der Waals surface area (Å²) in [5.74, 6) is 2.06. The highest BCUT2D eigenvalue weighted by Crippen LogP contribution is 2.31. The highest BCUT2D eigenvalue weighted by Gasteiger charge is 2.19. The van der Waals surface area contributed by atoms with Crippen LogP contribution in [-0.2, 0) is 25.1 Å². The molecule has 0 saturated heterocycles. The second-order valence-corrected chi connectivity index (χ2v) is 7.19. The zero-order chi connectivity index (χ0) is 13.8. The smallest absolute Gasteiger partial charge is 0.138 e. The monoisotopic (exact) mass is 291 g/mol. The molecule has 110 valence electrons. The molecule has 1 aromatic heterocycles. The van der Waals surface area contributed by atoms with Crippen molar-refractivity contribution in [1.29, 1.82) is 0 Å². The maximum Gasteiger partial charge on any atom is 0.138 e. The van der Waals surface area contributed by atoms with Gasteiger partial charge in [-0.05, 0) is 37.8 Å². The van der Waals surface area contributed by atoms with Gasteiger partial charge in [0.15, 0.2) is 0 Å². The molecule has 0 atom stereocenters. The van der Waals surface area contributed by atoms with Gasteiger partial charge in [0, 0.05) is 17.5 Å². The molecule has 1 fully saturated rings. The van der Waals surface area contributed by atoms with E-state index in [0.29, 0.717) is 0 Å². The number of aromatic nitrogens is 2. The predicted molar refractivity (Wildman–Crippen MR) is 85.0 cm³/mol. The molecule has 3 nitrogen and oxygen atoms in total. The van der Waals surface area contributed by atoms with Crippen LogP contribution in [0.4, 0.5) is 0 Å². The van der Waals surface area contributed by atoms with Crippen molar-refractivity contribution in [3.63, 3.8) is 0 Å². The van der Waals surface area contributed by atoms with Crippen LogP contribution in [0, 0.1) is 0 Å². The van der Waals surface area contributed by atoms with Crippen molar-refractivity contribution in [3.05, 3.63) is 22.8 Å². The Morgan fingerprint density at radius 2 is 2.10 bits per heavy atom. The zero-order valence-electron chi connectivity index (χ0n) is 12.5. The lowest BCUT2D eigenvalue weighted by Gasteiger charge is -2.20. The number of aryl methyl sites for hydroxylation is 1. The Labute approximate surface area is 126 Å². The normalized spacial score (nSPS) is 19.2. The molecule has 3 rings (SSSR count). The van der Waals surface area contributed by atoms with Gasteiger partial charge in [-0.3, -0.25) is 0 Å². The van der Waals surface area contributed by atoms with Crippen LogP contribution < -0.4 is 5.32 Å². The van der Waals surface area contributed by atoms with Gasteiger partial charge in [-0.2, -0.15) is 11.8 Å². The Bertz CT molecular complexity index is 455. The summed E-state index contributed by atoms with van der Waals surface area (Å²) in [6.07, 6.45) is 8.97. The van der Waals surface area contributed by atoms with E-state index in [4.69, 9.17) is 9.97 Å². The van der Waals surface area contributed by atoms with Gasteiger partial charge in [-0.25, -0.2) is 9.97 Å². The van der Waals surface area contributed by atoms with Gasteiger partial charge in [0.2, 0.25) is 0 Å². The Hall–Kier alpha value is -0.610. The lowest BCUT2D eigenvalue weighted by molar-refractivity contribution is 0.608. The number of nitrogens with one attached hydrogen (secondary N) is 1.